The fraction of sp³-hybridized carbons (Fsp3) is 1.00. The standard InChI is InChI=1S/C10H18F3NO/c1-2-14-7-5-9(15,6-8-14)3-4-10(11,12)13/h15H,2-8H2,1H3. The van der Waals surface area contributed by atoms with Crippen molar-refractivity contribution in [1.29, 1.82) is 0 Å². The number of rotatable bonds is 3. The minimum Gasteiger partial charge on any atom is -0.390 e. The van der Waals surface area contributed by atoms with Crippen molar-refractivity contribution in [3.63, 3.8) is 0 Å². The number of nitrogens with zero attached hydrogens (tertiary/aromatic N) is 1. The van der Waals surface area contributed by atoms with Gasteiger partial charge in [-0.05, 0) is 25.8 Å². The van der Waals surface area contributed by atoms with Crippen LogP contribution in [0.1, 0.15) is 32.6 Å². The molecule has 0 radical (unpaired) electrons. The largest absolute Gasteiger partial charge is 0.390 e. The zero-order valence-corrected chi connectivity index (χ0v) is 8.98. The van der Waals surface area contributed by atoms with Crippen molar-refractivity contribution in [2.24, 2.45) is 0 Å². The lowest BCUT2D eigenvalue weighted by Gasteiger charge is -2.38. The molecule has 5 heteroatoms. The lowest BCUT2D eigenvalue weighted by molar-refractivity contribution is -0.150. The molecule has 0 aromatic heterocycles. The van der Waals surface area contributed by atoms with E-state index in [1.165, 1.54) is 0 Å². The Morgan fingerprint density at radius 3 is 2.20 bits per heavy atom. The van der Waals surface area contributed by atoms with Crippen molar-refractivity contribution < 1.29 is 18.3 Å². The number of alkyl halides is 3. The van der Waals surface area contributed by atoms with E-state index in [1.54, 1.807) is 0 Å². The second-order valence-electron chi connectivity index (χ2n) is 4.27. The van der Waals surface area contributed by atoms with Gasteiger partial charge in [-0.3, -0.25) is 0 Å². The highest BCUT2D eigenvalue weighted by molar-refractivity contribution is 4.86. The first-order valence-electron chi connectivity index (χ1n) is 5.36. The SMILES string of the molecule is CCN1CCC(O)(CCC(F)(F)F)CC1. The zero-order chi connectivity index (χ0) is 11.5. The van der Waals surface area contributed by atoms with Crippen molar-refractivity contribution in [2.45, 2.75) is 44.4 Å². The Hall–Kier alpha value is -0.290. The van der Waals surface area contributed by atoms with Crippen LogP contribution < -0.4 is 0 Å². The molecule has 0 unspecified atom stereocenters. The highest BCUT2D eigenvalue weighted by Gasteiger charge is 2.36. The third-order valence-electron chi connectivity index (χ3n) is 3.11. The van der Waals surface area contributed by atoms with Crippen LogP contribution in [0, 0.1) is 0 Å². The molecule has 1 heterocycles. The van der Waals surface area contributed by atoms with Gasteiger partial charge in [-0.1, -0.05) is 6.92 Å². The average Bonchev–Trinajstić information content (AvgIpc) is 2.16. The van der Waals surface area contributed by atoms with Crippen LogP contribution in [0.4, 0.5) is 13.2 Å². The summed E-state index contributed by atoms with van der Waals surface area (Å²) in [7, 11) is 0. The van der Waals surface area contributed by atoms with E-state index in [4.69, 9.17) is 0 Å². The molecule has 0 aliphatic carbocycles. The van der Waals surface area contributed by atoms with Gasteiger partial charge in [0.05, 0.1) is 5.60 Å². The summed E-state index contributed by atoms with van der Waals surface area (Å²) < 4.78 is 36.0. The van der Waals surface area contributed by atoms with Gasteiger partial charge in [0.15, 0.2) is 0 Å². The minimum absolute atomic E-state index is 0.159. The predicted molar refractivity (Wildman–Crippen MR) is 51.6 cm³/mol. The van der Waals surface area contributed by atoms with Crippen LogP contribution >= 0.6 is 0 Å². The van der Waals surface area contributed by atoms with Crippen molar-refractivity contribution >= 4 is 0 Å². The number of hydrogen-bond donors (Lipinski definition) is 1. The summed E-state index contributed by atoms with van der Waals surface area (Å²) in [5, 5.41) is 9.92. The summed E-state index contributed by atoms with van der Waals surface area (Å²) >= 11 is 0. The smallest absolute Gasteiger partial charge is 0.389 e. The van der Waals surface area contributed by atoms with Crippen LogP contribution in [-0.2, 0) is 0 Å². The highest BCUT2D eigenvalue weighted by atomic mass is 19.4. The molecule has 0 aromatic carbocycles. The third-order valence-corrected chi connectivity index (χ3v) is 3.11. The van der Waals surface area contributed by atoms with E-state index < -0.39 is 18.2 Å². The molecule has 0 saturated carbocycles. The van der Waals surface area contributed by atoms with Crippen LogP contribution in [0.25, 0.3) is 0 Å². The van der Waals surface area contributed by atoms with Gasteiger partial charge in [0.1, 0.15) is 0 Å². The summed E-state index contributed by atoms with van der Waals surface area (Å²) in [6.45, 7) is 4.31. The Kier molecular flexibility index (Phi) is 4.00. The fourth-order valence-electron chi connectivity index (χ4n) is 1.91. The Morgan fingerprint density at radius 1 is 1.27 bits per heavy atom. The quantitative estimate of drug-likeness (QED) is 0.795. The topological polar surface area (TPSA) is 23.5 Å². The van der Waals surface area contributed by atoms with Gasteiger partial charge in [0.2, 0.25) is 0 Å². The molecule has 2 nitrogen and oxygen atoms in total. The van der Waals surface area contributed by atoms with E-state index in [0.29, 0.717) is 25.9 Å². The van der Waals surface area contributed by atoms with E-state index in [9.17, 15) is 18.3 Å². The van der Waals surface area contributed by atoms with Crippen LogP contribution in [0.15, 0.2) is 0 Å². The summed E-state index contributed by atoms with van der Waals surface area (Å²) in [5.74, 6) is 0. The second kappa shape index (κ2) is 4.70. The molecule has 0 atom stereocenters. The van der Waals surface area contributed by atoms with Crippen LogP contribution in [0.5, 0.6) is 0 Å². The molecule has 1 aliphatic heterocycles. The van der Waals surface area contributed by atoms with Crippen molar-refractivity contribution in [3.05, 3.63) is 0 Å². The van der Waals surface area contributed by atoms with E-state index in [2.05, 4.69) is 4.90 Å². The molecule has 1 N–H and O–H groups in total. The van der Waals surface area contributed by atoms with Gasteiger partial charge < -0.3 is 10.0 Å². The minimum atomic E-state index is -4.16. The van der Waals surface area contributed by atoms with Crippen LogP contribution in [0.2, 0.25) is 0 Å². The number of halogens is 3. The summed E-state index contributed by atoms with van der Waals surface area (Å²) in [6.07, 6.45) is -4.28. The van der Waals surface area contributed by atoms with Gasteiger partial charge in [0, 0.05) is 19.5 Å². The molecular formula is C10H18F3NO. The van der Waals surface area contributed by atoms with Gasteiger partial charge in [-0.15, -0.1) is 0 Å². The molecule has 15 heavy (non-hydrogen) atoms. The van der Waals surface area contributed by atoms with Crippen LogP contribution in [0.3, 0.4) is 0 Å². The zero-order valence-electron chi connectivity index (χ0n) is 8.98. The maximum absolute atomic E-state index is 12.0. The first-order chi connectivity index (χ1) is 6.85. The van der Waals surface area contributed by atoms with Gasteiger partial charge in [-0.2, -0.15) is 13.2 Å². The van der Waals surface area contributed by atoms with E-state index in [0.717, 1.165) is 6.54 Å². The third kappa shape index (κ3) is 4.38. The fourth-order valence-corrected chi connectivity index (χ4v) is 1.91. The lowest BCUT2D eigenvalue weighted by Crippen LogP contribution is -2.44. The lowest BCUT2D eigenvalue weighted by atomic mass is 9.87. The predicted octanol–water partition coefficient (Wildman–Crippen LogP) is 2.18. The number of piperidine rings is 1. The summed E-state index contributed by atoms with van der Waals surface area (Å²) in [6, 6.07) is 0. The van der Waals surface area contributed by atoms with Gasteiger partial charge in [-0.25, -0.2) is 0 Å². The number of aliphatic hydroxyl groups is 1. The molecule has 0 bridgehead atoms. The van der Waals surface area contributed by atoms with E-state index >= 15 is 0 Å². The molecular weight excluding hydrogens is 207 g/mol. The first kappa shape index (κ1) is 12.8. The normalized spacial score (nSPS) is 23.0. The maximum Gasteiger partial charge on any atom is 0.389 e. The highest BCUT2D eigenvalue weighted by Crippen LogP contribution is 2.31. The van der Waals surface area contributed by atoms with E-state index in [1.807, 2.05) is 6.92 Å². The molecule has 0 amide bonds. The van der Waals surface area contributed by atoms with Gasteiger partial charge in [0.25, 0.3) is 0 Å². The number of likely N-dealkylation sites (tertiary alicyclic amines) is 1. The summed E-state index contributed by atoms with van der Waals surface area (Å²) in [5.41, 5.74) is -1.10. The second-order valence-corrected chi connectivity index (χ2v) is 4.27. The Bertz CT molecular complexity index is 197. The molecule has 0 aromatic rings. The van der Waals surface area contributed by atoms with Crippen molar-refractivity contribution in [3.8, 4) is 0 Å². The average molecular weight is 225 g/mol. The Morgan fingerprint density at radius 2 is 1.80 bits per heavy atom. The molecule has 90 valence electrons. The van der Waals surface area contributed by atoms with Crippen molar-refractivity contribution in [1.82, 2.24) is 4.90 Å². The summed E-state index contributed by atoms with van der Waals surface area (Å²) in [4.78, 5) is 2.14. The van der Waals surface area contributed by atoms with E-state index in [-0.39, 0.29) is 6.42 Å². The molecule has 1 saturated heterocycles. The van der Waals surface area contributed by atoms with Gasteiger partial charge >= 0.3 is 6.18 Å². The molecule has 0 spiro atoms. The molecule has 1 fully saturated rings. The monoisotopic (exact) mass is 225 g/mol. The Balaban J connectivity index is 2.35. The first-order valence-corrected chi connectivity index (χ1v) is 5.36. The number of hydrogen-bond acceptors (Lipinski definition) is 2. The molecule has 1 rings (SSSR count). The van der Waals surface area contributed by atoms with Crippen LogP contribution in [-0.4, -0.2) is 41.4 Å². The Labute approximate surface area is 88.1 Å². The maximum atomic E-state index is 12.0. The molecule has 1 aliphatic rings. The van der Waals surface area contributed by atoms with Crippen molar-refractivity contribution in [2.75, 3.05) is 19.6 Å².